The number of carbonyl (C=O) groups is 2. The third-order valence-electron chi connectivity index (χ3n) is 6.96. The van der Waals surface area contributed by atoms with E-state index in [-0.39, 0.29) is 17.4 Å². The predicted molar refractivity (Wildman–Crippen MR) is 140 cm³/mol. The fraction of sp³-hybridized carbons (Fsp3) is 0.345. The van der Waals surface area contributed by atoms with Crippen LogP contribution in [-0.4, -0.2) is 39.3 Å². The summed E-state index contributed by atoms with van der Waals surface area (Å²) in [4.78, 5) is 34.3. The lowest BCUT2D eigenvalue weighted by Gasteiger charge is -2.36. The molecular weight excluding hydrogens is 472 g/mol. The fourth-order valence-corrected chi connectivity index (χ4v) is 6.32. The number of aliphatic hydroxyl groups is 1. The van der Waals surface area contributed by atoms with Crippen molar-refractivity contribution in [1.29, 1.82) is 0 Å². The molecule has 1 aromatic heterocycles. The number of carbonyl (C=O) groups excluding carboxylic acids is 2. The van der Waals surface area contributed by atoms with E-state index in [1.54, 1.807) is 11.8 Å². The molecule has 2 aliphatic rings. The summed E-state index contributed by atoms with van der Waals surface area (Å²) in [5, 5.41) is 11.9. The van der Waals surface area contributed by atoms with Crippen LogP contribution in [0.3, 0.4) is 0 Å². The Morgan fingerprint density at radius 1 is 1.11 bits per heavy atom. The maximum atomic E-state index is 14.0. The quantitative estimate of drug-likeness (QED) is 0.377. The molecule has 36 heavy (non-hydrogen) atoms. The van der Waals surface area contributed by atoms with Gasteiger partial charge in [0.2, 0.25) is 5.78 Å². The van der Waals surface area contributed by atoms with Gasteiger partial charge in [-0.25, -0.2) is 4.98 Å². The number of rotatable bonds is 7. The first-order valence-electron chi connectivity index (χ1n) is 12.6. The van der Waals surface area contributed by atoms with E-state index in [1.165, 1.54) is 11.3 Å². The molecule has 7 heteroatoms. The molecule has 2 aromatic carbocycles. The monoisotopic (exact) mass is 502 g/mol. The minimum absolute atomic E-state index is 0.0260. The van der Waals surface area contributed by atoms with Crippen LogP contribution in [0.2, 0.25) is 0 Å². The second-order valence-corrected chi connectivity index (χ2v) is 10.3. The molecule has 1 fully saturated rings. The summed E-state index contributed by atoms with van der Waals surface area (Å²) in [5.41, 5.74) is 2.41. The molecule has 6 nitrogen and oxygen atoms in total. The minimum atomic E-state index is -0.671. The summed E-state index contributed by atoms with van der Waals surface area (Å²) in [5.74, 6) is -0.596. The van der Waals surface area contributed by atoms with E-state index < -0.39 is 17.7 Å². The smallest absolute Gasteiger partial charge is 0.290 e. The average molecular weight is 503 g/mol. The Kier molecular flexibility index (Phi) is 6.92. The molecule has 0 bridgehead atoms. The van der Waals surface area contributed by atoms with Crippen LogP contribution in [0.4, 0.5) is 0 Å². The van der Waals surface area contributed by atoms with Gasteiger partial charge in [-0.3, -0.25) is 9.59 Å². The van der Waals surface area contributed by atoms with Crippen LogP contribution < -0.4 is 4.74 Å². The molecule has 1 amide bonds. The number of amides is 1. The molecule has 1 aliphatic carbocycles. The number of benzene rings is 2. The number of aryl methyl sites for hydroxylation is 1. The van der Waals surface area contributed by atoms with Crippen molar-refractivity contribution in [2.45, 2.75) is 58.0 Å². The van der Waals surface area contributed by atoms with E-state index in [2.05, 4.69) is 4.98 Å². The fourth-order valence-electron chi connectivity index (χ4n) is 5.29. The van der Waals surface area contributed by atoms with Crippen molar-refractivity contribution >= 4 is 23.0 Å². The molecule has 1 aliphatic heterocycles. The van der Waals surface area contributed by atoms with Gasteiger partial charge in [0.25, 0.3) is 5.91 Å². The van der Waals surface area contributed by atoms with Gasteiger partial charge in [0, 0.05) is 11.6 Å². The number of hydrogen-bond donors (Lipinski definition) is 1. The third-order valence-corrected chi connectivity index (χ3v) is 8.17. The molecule has 0 spiro atoms. The molecular formula is C29H30N2O4S. The highest BCUT2D eigenvalue weighted by Gasteiger charge is 2.47. The van der Waals surface area contributed by atoms with Crippen LogP contribution >= 0.6 is 11.3 Å². The molecule has 1 N–H and O–H groups in total. The highest BCUT2D eigenvalue weighted by molar-refractivity contribution is 7.17. The first-order chi connectivity index (χ1) is 17.5. The van der Waals surface area contributed by atoms with Gasteiger partial charge in [0.1, 0.15) is 10.8 Å². The maximum Gasteiger partial charge on any atom is 0.290 e. The Hall–Kier alpha value is -3.45. The van der Waals surface area contributed by atoms with Crippen molar-refractivity contribution in [1.82, 2.24) is 9.88 Å². The van der Waals surface area contributed by atoms with Gasteiger partial charge >= 0.3 is 0 Å². The topological polar surface area (TPSA) is 79.7 Å². The zero-order chi connectivity index (χ0) is 25.2. The highest BCUT2D eigenvalue weighted by atomic mass is 32.1. The first kappa shape index (κ1) is 24.3. The molecule has 5 rings (SSSR count). The zero-order valence-corrected chi connectivity index (χ0v) is 21.4. The van der Waals surface area contributed by atoms with E-state index in [1.807, 2.05) is 61.5 Å². The predicted octanol–water partition coefficient (Wildman–Crippen LogP) is 6.43. The minimum Gasteiger partial charge on any atom is -0.503 e. The Labute approximate surface area is 215 Å². The molecule has 1 unspecified atom stereocenters. The van der Waals surface area contributed by atoms with Crippen molar-refractivity contribution in [2.24, 2.45) is 0 Å². The van der Waals surface area contributed by atoms with Crippen LogP contribution in [0.5, 0.6) is 5.75 Å². The summed E-state index contributed by atoms with van der Waals surface area (Å²) in [6.07, 6.45) is 4.91. The van der Waals surface area contributed by atoms with E-state index in [0.717, 1.165) is 48.2 Å². The van der Waals surface area contributed by atoms with Gasteiger partial charge in [-0.05, 0) is 44.4 Å². The number of nitrogens with zero attached hydrogens (tertiary/aromatic N) is 2. The first-order valence-corrected chi connectivity index (χ1v) is 13.4. The second kappa shape index (κ2) is 10.3. The molecule has 0 radical (unpaired) electrons. The third kappa shape index (κ3) is 4.44. The number of thiazole rings is 1. The van der Waals surface area contributed by atoms with Gasteiger partial charge in [-0.2, -0.15) is 0 Å². The molecule has 2 heterocycles. The van der Waals surface area contributed by atoms with Gasteiger partial charge < -0.3 is 14.7 Å². The Bertz CT molecular complexity index is 1310. The summed E-state index contributed by atoms with van der Waals surface area (Å²) in [6.45, 7) is 4.22. The van der Waals surface area contributed by atoms with Crippen LogP contribution in [0.1, 0.15) is 66.0 Å². The van der Waals surface area contributed by atoms with Gasteiger partial charge in [0.05, 0.1) is 28.8 Å². The normalized spacial score (nSPS) is 18.7. The maximum absolute atomic E-state index is 14.0. The van der Waals surface area contributed by atoms with E-state index in [4.69, 9.17) is 4.74 Å². The van der Waals surface area contributed by atoms with E-state index >= 15 is 0 Å². The largest absolute Gasteiger partial charge is 0.503 e. The summed E-state index contributed by atoms with van der Waals surface area (Å²) < 4.78 is 5.72. The Morgan fingerprint density at radius 2 is 1.86 bits per heavy atom. The SMILES string of the molecule is CCOc1cccc(C2C(C(=O)c3sc(-c4ccccc4)nc3C)=C(O)C(=O)N2C2CCCCC2)c1. The van der Waals surface area contributed by atoms with E-state index in [9.17, 15) is 14.7 Å². The van der Waals surface area contributed by atoms with Crippen molar-refractivity contribution < 1.29 is 19.4 Å². The second-order valence-electron chi connectivity index (χ2n) is 9.30. The molecule has 3 aromatic rings. The van der Waals surface area contributed by atoms with Crippen molar-refractivity contribution in [3.8, 4) is 16.3 Å². The zero-order valence-electron chi connectivity index (χ0n) is 20.6. The lowest BCUT2D eigenvalue weighted by atomic mass is 9.90. The summed E-state index contributed by atoms with van der Waals surface area (Å²) >= 11 is 1.30. The Morgan fingerprint density at radius 3 is 2.58 bits per heavy atom. The average Bonchev–Trinajstić information content (AvgIpc) is 3.42. The number of aromatic nitrogens is 1. The van der Waals surface area contributed by atoms with Crippen molar-refractivity contribution in [2.75, 3.05) is 6.61 Å². The number of Topliss-reactive ketones (excluding diaryl/α,β-unsaturated/α-hetero) is 1. The number of ketones is 1. The molecule has 0 saturated heterocycles. The van der Waals surface area contributed by atoms with Gasteiger partial charge in [0.15, 0.2) is 5.76 Å². The van der Waals surface area contributed by atoms with Crippen LogP contribution in [-0.2, 0) is 4.79 Å². The standard InChI is InChI=1S/C29H30N2O4S/c1-3-35-22-16-10-13-20(17-22)24-23(26(33)29(34)31(24)21-14-8-5-9-15-21)25(32)27-18(2)30-28(36-27)19-11-6-4-7-12-19/h4,6-7,10-13,16-17,21,24,33H,3,5,8-9,14-15H2,1-2H3. The molecule has 186 valence electrons. The molecule has 1 atom stereocenters. The van der Waals surface area contributed by atoms with Gasteiger partial charge in [-0.15, -0.1) is 11.3 Å². The number of aliphatic hydroxyl groups excluding tert-OH is 1. The summed E-state index contributed by atoms with van der Waals surface area (Å²) in [7, 11) is 0. The van der Waals surface area contributed by atoms with Crippen molar-refractivity contribution in [3.05, 3.63) is 82.1 Å². The van der Waals surface area contributed by atoms with Crippen LogP contribution in [0.15, 0.2) is 65.9 Å². The van der Waals surface area contributed by atoms with Crippen LogP contribution in [0, 0.1) is 6.92 Å². The lowest BCUT2D eigenvalue weighted by Crippen LogP contribution is -2.41. The van der Waals surface area contributed by atoms with Crippen molar-refractivity contribution in [3.63, 3.8) is 0 Å². The highest BCUT2D eigenvalue weighted by Crippen LogP contribution is 2.44. The Balaban J connectivity index is 1.59. The van der Waals surface area contributed by atoms with Crippen LogP contribution in [0.25, 0.3) is 10.6 Å². The summed E-state index contributed by atoms with van der Waals surface area (Å²) in [6, 6.07) is 16.5. The lowest BCUT2D eigenvalue weighted by molar-refractivity contribution is -0.132. The van der Waals surface area contributed by atoms with Gasteiger partial charge in [-0.1, -0.05) is 61.7 Å². The number of ether oxygens (including phenoxy) is 1. The number of hydrogen-bond acceptors (Lipinski definition) is 6. The molecule has 1 saturated carbocycles. The van der Waals surface area contributed by atoms with E-state index in [0.29, 0.717) is 22.9 Å².